The summed E-state index contributed by atoms with van der Waals surface area (Å²) in [6, 6.07) is 13.5. The Morgan fingerprint density at radius 1 is 1.19 bits per heavy atom. The third-order valence-corrected chi connectivity index (χ3v) is 3.55. The van der Waals surface area contributed by atoms with Crippen molar-refractivity contribution in [2.24, 2.45) is 7.05 Å². The lowest BCUT2D eigenvalue weighted by atomic mass is 10.1. The molecule has 1 aromatic heterocycles. The van der Waals surface area contributed by atoms with Gasteiger partial charge >= 0.3 is 5.69 Å². The van der Waals surface area contributed by atoms with Crippen molar-refractivity contribution >= 4 is 11.0 Å². The summed E-state index contributed by atoms with van der Waals surface area (Å²) in [5.74, 6) is -0.422. The maximum Gasteiger partial charge on any atom is 0.329 e. The summed E-state index contributed by atoms with van der Waals surface area (Å²) in [6.07, 6.45) is 0. The summed E-state index contributed by atoms with van der Waals surface area (Å²) in [6.45, 7) is 0.0987. The Morgan fingerprint density at radius 2 is 1.90 bits per heavy atom. The highest BCUT2D eigenvalue weighted by Gasteiger charge is 2.12. The van der Waals surface area contributed by atoms with Crippen LogP contribution in [0, 0.1) is 17.1 Å². The molecule has 0 aliphatic rings. The molecule has 1 heterocycles. The molecule has 0 spiro atoms. The van der Waals surface area contributed by atoms with E-state index < -0.39 is 5.82 Å². The van der Waals surface area contributed by atoms with Crippen LogP contribution in [0.5, 0.6) is 0 Å². The summed E-state index contributed by atoms with van der Waals surface area (Å²) in [5, 5.41) is 8.90. The van der Waals surface area contributed by atoms with Crippen LogP contribution >= 0.6 is 0 Å². The number of nitrogens with zero attached hydrogens (tertiary/aromatic N) is 3. The van der Waals surface area contributed by atoms with Gasteiger partial charge in [-0.15, -0.1) is 0 Å². The first-order valence-corrected chi connectivity index (χ1v) is 6.44. The summed E-state index contributed by atoms with van der Waals surface area (Å²) < 4.78 is 16.9. The van der Waals surface area contributed by atoms with Crippen LogP contribution < -0.4 is 5.69 Å². The van der Waals surface area contributed by atoms with Gasteiger partial charge in [0.25, 0.3) is 0 Å². The fourth-order valence-electron chi connectivity index (χ4n) is 2.45. The monoisotopic (exact) mass is 281 g/mol. The quantitative estimate of drug-likeness (QED) is 0.724. The third kappa shape index (κ3) is 2.11. The summed E-state index contributed by atoms with van der Waals surface area (Å²) in [5.41, 5.74) is 2.02. The second kappa shape index (κ2) is 4.91. The summed E-state index contributed by atoms with van der Waals surface area (Å²) >= 11 is 0. The number of aryl methyl sites for hydroxylation is 1. The van der Waals surface area contributed by atoms with Crippen LogP contribution in [0.3, 0.4) is 0 Å². The van der Waals surface area contributed by atoms with E-state index in [1.807, 2.05) is 30.3 Å². The van der Waals surface area contributed by atoms with Gasteiger partial charge in [-0.3, -0.25) is 9.13 Å². The van der Waals surface area contributed by atoms with E-state index >= 15 is 0 Å². The molecule has 0 saturated carbocycles. The van der Waals surface area contributed by atoms with Crippen molar-refractivity contribution in [3.05, 3.63) is 69.9 Å². The van der Waals surface area contributed by atoms with Crippen molar-refractivity contribution < 1.29 is 4.39 Å². The molecule has 104 valence electrons. The van der Waals surface area contributed by atoms with Crippen molar-refractivity contribution in [1.29, 1.82) is 5.26 Å². The maximum atomic E-state index is 13.9. The van der Waals surface area contributed by atoms with Gasteiger partial charge in [0.05, 0.1) is 29.2 Å². The molecule has 0 radical (unpaired) electrons. The zero-order valence-corrected chi connectivity index (χ0v) is 11.4. The second-order valence-corrected chi connectivity index (χ2v) is 4.83. The highest BCUT2D eigenvalue weighted by atomic mass is 19.1. The first-order chi connectivity index (χ1) is 10.1. The minimum Gasteiger partial charge on any atom is -0.295 e. The average molecular weight is 281 g/mol. The zero-order chi connectivity index (χ0) is 15.0. The van der Waals surface area contributed by atoms with Crippen LogP contribution in [0.4, 0.5) is 4.39 Å². The number of rotatable bonds is 2. The Balaban J connectivity index is 2.18. The number of fused-ring (bicyclic) bond motifs is 1. The molecule has 3 rings (SSSR count). The molecule has 0 unspecified atom stereocenters. The van der Waals surface area contributed by atoms with Gasteiger partial charge in [0.15, 0.2) is 0 Å². The van der Waals surface area contributed by atoms with Crippen molar-refractivity contribution in [2.75, 3.05) is 0 Å². The van der Waals surface area contributed by atoms with Crippen LogP contribution in [-0.4, -0.2) is 9.13 Å². The molecular formula is C16H12FN3O. The molecule has 5 heteroatoms. The minimum absolute atomic E-state index is 0.0987. The van der Waals surface area contributed by atoms with E-state index in [1.54, 1.807) is 7.05 Å². The molecule has 0 fully saturated rings. The van der Waals surface area contributed by atoms with Crippen LogP contribution in [0.15, 0.2) is 47.3 Å². The van der Waals surface area contributed by atoms with E-state index in [1.165, 1.54) is 27.3 Å². The van der Waals surface area contributed by atoms with Gasteiger partial charge in [-0.1, -0.05) is 12.1 Å². The number of halogens is 1. The van der Waals surface area contributed by atoms with E-state index in [2.05, 4.69) is 0 Å². The molecule has 0 N–H and O–H groups in total. The third-order valence-electron chi connectivity index (χ3n) is 3.55. The molecule has 0 aliphatic heterocycles. The van der Waals surface area contributed by atoms with Crippen LogP contribution in [0.1, 0.15) is 11.1 Å². The van der Waals surface area contributed by atoms with Crippen LogP contribution in [0.2, 0.25) is 0 Å². The van der Waals surface area contributed by atoms with Crippen molar-refractivity contribution in [2.45, 2.75) is 6.54 Å². The zero-order valence-electron chi connectivity index (χ0n) is 11.4. The molecule has 0 bridgehead atoms. The Morgan fingerprint density at radius 3 is 2.62 bits per heavy atom. The molecule has 0 atom stereocenters. The van der Waals surface area contributed by atoms with E-state index in [9.17, 15) is 9.18 Å². The van der Waals surface area contributed by atoms with Crippen molar-refractivity contribution in [1.82, 2.24) is 9.13 Å². The van der Waals surface area contributed by atoms with Crippen LogP contribution in [0.25, 0.3) is 11.0 Å². The van der Waals surface area contributed by atoms with Gasteiger partial charge in [-0.05, 0) is 30.3 Å². The van der Waals surface area contributed by atoms with E-state index in [-0.39, 0.29) is 12.2 Å². The molecule has 0 amide bonds. The van der Waals surface area contributed by atoms with Gasteiger partial charge in [0.2, 0.25) is 0 Å². The lowest BCUT2D eigenvalue weighted by molar-refractivity contribution is 0.596. The first kappa shape index (κ1) is 13.1. The molecule has 0 aliphatic carbocycles. The van der Waals surface area contributed by atoms with Crippen molar-refractivity contribution in [3.63, 3.8) is 0 Å². The minimum atomic E-state index is -0.422. The van der Waals surface area contributed by atoms with Crippen LogP contribution in [-0.2, 0) is 13.6 Å². The number of benzene rings is 2. The Labute approximate surface area is 120 Å². The van der Waals surface area contributed by atoms with E-state index in [4.69, 9.17) is 5.26 Å². The Bertz CT molecular complexity index is 931. The molecular weight excluding hydrogens is 269 g/mol. The van der Waals surface area contributed by atoms with E-state index in [0.717, 1.165) is 11.0 Å². The summed E-state index contributed by atoms with van der Waals surface area (Å²) in [4.78, 5) is 12.3. The molecule has 0 saturated heterocycles. The highest BCUT2D eigenvalue weighted by molar-refractivity contribution is 5.76. The number of nitriles is 1. The number of aromatic nitrogens is 2. The molecule has 2 aromatic carbocycles. The predicted octanol–water partition coefficient (Wildman–Crippen LogP) is 2.40. The van der Waals surface area contributed by atoms with Gasteiger partial charge < -0.3 is 0 Å². The van der Waals surface area contributed by atoms with Gasteiger partial charge in [0, 0.05) is 12.6 Å². The Hall–Kier alpha value is -2.87. The van der Waals surface area contributed by atoms with Gasteiger partial charge in [-0.2, -0.15) is 5.26 Å². The molecule has 3 aromatic rings. The molecule has 21 heavy (non-hydrogen) atoms. The number of imidazole rings is 1. The smallest absolute Gasteiger partial charge is 0.295 e. The fourth-order valence-corrected chi connectivity index (χ4v) is 2.45. The largest absolute Gasteiger partial charge is 0.329 e. The number of para-hydroxylation sites is 2. The lowest BCUT2D eigenvalue weighted by Gasteiger charge is -2.05. The van der Waals surface area contributed by atoms with Crippen molar-refractivity contribution in [3.8, 4) is 6.07 Å². The SMILES string of the molecule is Cn1c(=O)n(Cc2cc(C#N)ccc2F)c2ccccc21. The first-order valence-electron chi connectivity index (χ1n) is 6.44. The maximum absolute atomic E-state index is 13.9. The molecule has 4 nitrogen and oxygen atoms in total. The normalized spacial score (nSPS) is 10.7. The number of hydrogen-bond donors (Lipinski definition) is 0. The summed E-state index contributed by atoms with van der Waals surface area (Å²) in [7, 11) is 1.68. The predicted molar refractivity (Wildman–Crippen MR) is 77.4 cm³/mol. The average Bonchev–Trinajstić information content (AvgIpc) is 2.75. The number of hydrogen-bond acceptors (Lipinski definition) is 2. The topological polar surface area (TPSA) is 50.7 Å². The lowest BCUT2D eigenvalue weighted by Crippen LogP contribution is -2.23. The highest BCUT2D eigenvalue weighted by Crippen LogP contribution is 2.16. The van der Waals surface area contributed by atoms with Gasteiger partial charge in [-0.25, -0.2) is 9.18 Å². The fraction of sp³-hybridized carbons (Fsp3) is 0.125. The second-order valence-electron chi connectivity index (χ2n) is 4.83. The van der Waals surface area contributed by atoms with Gasteiger partial charge in [0.1, 0.15) is 5.82 Å². The van der Waals surface area contributed by atoms with E-state index in [0.29, 0.717) is 11.1 Å². The Kier molecular flexibility index (Phi) is 3.07. The standard InChI is InChI=1S/C16H12FN3O/c1-19-14-4-2-3-5-15(14)20(16(19)21)10-12-8-11(9-18)6-7-13(12)17/h2-8H,10H2,1H3.